The van der Waals surface area contributed by atoms with Crippen LogP contribution < -0.4 is 0 Å². The molecule has 0 aromatic rings. The molecule has 0 N–H and O–H groups in total. The first-order valence-electron chi connectivity index (χ1n) is 6.46. The zero-order valence-corrected chi connectivity index (χ0v) is 11.1. The van der Waals surface area contributed by atoms with E-state index >= 15 is 0 Å². The van der Waals surface area contributed by atoms with E-state index in [9.17, 15) is 4.79 Å². The molecule has 2 nitrogen and oxygen atoms in total. The molecule has 2 heteroatoms. The summed E-state index contributed by atoms with van der Waals surface area (Å²) in [5.41, 5.74) is 3.02. The highest BCUT2D eigenvalue weighted by Gasteiger charge is 1.87. The molecule has 0 fully saturated rings. The molecule has 0 aliphatic heterocycles. The van der Waals surface area contributed by atoms with Crippen LogP contribution in [0.15, 0.2) is 30.0 Å². The standard InChI is InChI=1S/C15H24O2/c1-3-4-5-6-7-8-9-10-11-12-13-14-15(16)17-2/h10,12-14H,3-9H2,1-2H3. The molecule has 0 atom stereocenters. The minimum absolute atomic E-state index is 0.334. The lowest BCUT2D eigenvalue weighted by Gasteiger charge is -1.96. The number of esters is 1. The summed E-state index contributed by atoms with van der Waals surface area (Å²) < 4.78 is 4.46. The summed E-state index contributed by atoms with van der Waals surface area (Å²) in [6, 6.07) is 0. The van der Waals surface area contributed by atoms with Gasteiger partial charge in [-0.15, -0.1) is 5.73 Å². The van der Waals surface area contributed by atoms with Gasteiger partial charge in [-0.25, -0.2) is 4.79 Å². The molecule has 17 heavy (non-hydrogen) atoms. The van der Waals surface area contributed by atoms with Crippen molar-refractivity contribution < 1.29 is 9.53 Å². The summed E-state index contributed by atoms with van der Waals surface area (Å²) in [6.07, 6.45) is 15.7. The van der Waals surface area contributed by atoms with Gasteiger partial charge in [0.25, 0.3) is 0 Å². The maximum Gasteiger partial charge on any atom is 0.330 e. The Bertz CT molecular complexity index is 271. The van der Waals surface area contributed by atoms with Gasteiger partial charge in [-0.05, 0) is 31.1 Å². The lowest BCUT2D eigenvalue weighted by atomic mass is 10.1. The van der Waals surface area contributed by atoms with E-state index < -0.39 is 0 Å². The van der Waals surface area contributed by atoms with Gasteiger partial charge in [-0.3, -0.25) is 0 Å². The van der Waals surface area contributed by atoms with Crippen LogP contribution in [0.4, 0.5) is 0 Å². The number of rotatable bonds is 9. The van der Waals surface area contributed by atoms with Gasteiger partial charge in [0.05, 0.1) is 7.11 Å². The van der Waals surface area contributed by atoms with E-state index in [2.05, 4.69) is 17.4 Å². The predicted octanol–water partition coefficient (Wildman–Crippen LogP) is 4.18. The second kappa shape index (κ2) is 12.8. The van der Waals surface area contributed by atoms with Gasteiger partial charge in [0.2, 0.25) is 0 Å². The normalized spacial score (nSPS) is 10.0. The van der Waals surface area contributed by atoms with Crippen LogP contribution in [0.2, 0.25) is 0 Å². The van der Waals surface area contributed by atoms with Crippen molar-refractivity contribution >= 4 is 5.97 Å². The first-order valence-corrected chi connectivity index (χ1v) is 6.46. The van der Waals surface area contributed by atoms with Gasteiger partial charge in [0, 0.05) is 6.08 Å². The quantitative estimate of drug-likeness (QED) is 0.197. The van der Waals surface area contributed by atoms with Gasteiger partial charge in [0.15, 0.2) is 0 Å². The average molecular weight is 236 g/mol. The molecule has 0 heterocycles. The van der Waals surface area contributed by atoms with Crippen LogP contribution in [0, 0.1) is 0 Å². The number of allylic oxidation sites excluding steroid dienone is 2. The Kier molecular flexibility index (Phi) is 11.8. The van der Waals surface area contributed by atoms with E-state index in [4.69, 9.17) is 0 Å². The maximum absolute atomic E-state index is 10.7. The third-order valence-corrected chi connectivity index (χ3v) is 2.45. The first kappa shape index (κ1) is 15.7. The zero-order valence-electron chi connectivity index (χ0n) is 11.1. The number of carbonyl (C=O) groups excluding carboxylic acids is 1. The first-order chi connectivity index (χ1) is 8.31. The Labute approximate surface area is 105 Å². The molecule has 0 aromatic heterocycles. The van der Waals surface area contributed by atoms with Gasteiger partial charge < -0.3 is 4.74 Å². The predicted molar refractivity (Wildman–Crippen MR) is 71.8 cm³/mol. The second-order valence-electron chi connectivity index (χ2n) is 3.98. The van der Waals surface area contributed by atoms with E-state index in [0.29, 0.717) is 0 Å². The minimum atomic E-state index is -0.334. The summed E-state index contributed by atoms with van der Waals surface area (Å²) in [4.78, 5) is 10.7. The number of ether oxygens (including phenoxy) is 1. The average Bonchev–Trinajstić information content (AvgIpc) is 2.35. The van der Waals surface area contributed by atoms with Crippen molar-refractivity contribution in [3.05, 3.63) is 30.0 Å². The molecular formula is C15H24O2. The van der Waals surface area contributed by atoms with Crippen LogP contribution in [-0.2, 0) is 9.53 Å². The summed E-state index contributed by atoms with van der Waals surface area (Å²) in [5.74, 6) is -0.334. The third kappa shape index (κ3) is 12.7. The second-order valence-corrected chi connectivity index (χ2v) is 3.98. The minimum Gasteiger partial charge on any atom is -0.466 e. The lowest BCUT2D eigenvalue weighted by Crippen LogP contribution is -1.92. The van der Waals surface area contributed by atoms with Crippen molar-refractivity contribution in [3.63, 3.8) is 0 Å². The molecule has 0 aliphatic carbocycles. The molecule has 0 saturated heterocycles. The fraction of sp³-hybridized carbons (Fsp3) is 0.600. The molecule has 0 rings (SSSR count). The molecular weight excluding hydrogens is 212 g/mol. The maximum atomic E-state index is 10.7. The monoisotopic (exact) mass is 236 g/mol. The van der Waals surface area contributed by atoms with E-state index in [-0.39, 0.29) is 5.97 Å². The number of hydrogen-bond donors (Lipinski definition) is 0. The van der Waals surface area contributed by atoms with Gasteiger partial charge in [-0.2, -0.15) is 0 Å². The molecule has 0 bridgehead atoms. The molecule has 0 saturated carbocycles. The lowest BCUT2D eigenvalue weighted by molar-refractivity contribution is -0.134. The van der Waals surface area contributed by atoms with E-state index in [0.717, 1.165) is 6.42 Å². The van der Waals surface area contributed by atoms with Gasteiger partial charge >= 0.3 is 5.97 Å². The highest BCUT2D eigenvalue weighted by molar-refractivity contribution is 5.82. The Morgan fingerprint density at radius 3 is 2.59 bits per heavy atom. The van der Waals surface area contributed by atoms with Crippen LogP contribution in [0.25, 0.3) is 0 Å². The Balaban J connectivity index is 3.44. The molecule has 0 unspecified atom stereocenters. The van der Waals surface area contributed by atoms with Crippen LogP contribution >= 0.6 is 0 Å². The highest BCUT2D eigenvalue weighted by Crippen LogP contribution is 2.06. The number of carbonyl (C=O) groups is 1. The summed E-state index contributed by atoms with van der Waals surface area (Å²) >= 11 is 0. The fourth-order valence-corrected chi connectivity index (χ4v) is 1.43. The van der Waals surface area contributed by atoms with Crippen LogP contribution in [0.5, 0.6) is 0 Å². The van der Waals surface area contributed by atoms with Crippen LogP contribution in [0.1, 0.15) is 51.9 Å². The molecule has 0 radical (unpaired) electrons. The summed E-state index contributed by atoms with van der Waals surface area (Å²) in [5, 5.41) is 0. The Morgan fingerprint density at radius 2 is 1.88 bits per heavy atom. The number of methoxy groups -OCH3 is 1. The van der Waals surface area contributed by atoms with Gasteiger partial charge in [0.1, 0.15) is 0 Å². The fourth-order valence-electron chi connectivity index (χ4n) is 1.43. The Hall–Kier alpha value is -1.27. The molecule has 0 spiro atoms. The number of unbranched alkanes of at least 4 members (excludes halogenated alkanes) is 6. The van der Waals surface area contributed by atoms with E-state index in [1.165, 1.54) is 51.7 Å². The Morgan fingerprint density at radius 1 is 1.18 bits per heavy atom. The SMILES string of the molecule is CCCCCCCCC=C=CC=CC(=O)OC. The topological polar surface area (TPSA) is 26.3 Å². The largest absolute Gasteiger partial charge is 0.466 e. The molecule has 0 aromatic carbocycles. The van der Waals surface area contributed by atoms with Crippen LogP contribution in [-0.4, -0.2) is 13.1 Å². The van der Waals surface area contributed by atoms with Crippen molar-refractivity contribution in [2.24, 2.45) is 0 Å². The molecule has 96 valence electrons. The summed E-state index contributed by atoms with van der Waals surface area (Å²) in [7, 11) is 1.37. The molecule has 0 amide bonds. The van der Waals surface area contributed by atoms with Crippen molar-refractivity contribution in [2.75, 3.05) is 7.11 Å². The zero-order chi connectivity index (χ0) is 12.8. The van der Waals surface area contributed by atoms with E-state index in [1.54, 1.807) is 12.2 Å². The smallest absolute Gasteiger partial charge is 0.330 e. The summed E-state index contributed by atoms with van der Waals surface area (Å²) in [6.45, 7) is 2.23. The van der Waals surface area contributed by atoms with Crippen LogP contribution in [0.3, 0.4) is 0 Å². The highest BCUT2D eigenvalue weighted by atomic mass is 16.5. The van der Waals surface area contributed by atoms with Gasteiger partial charge in [-0.1, -0.05) is 39.0 Å². The van der Waals surface area contributed by atoms with Crippen molar-refractivity contribution in [2.45, 2.75) is 51.9 Å². The van der Waals surface area contributed by atoms with E-state index in [1.807, 2.05) is 6.08 Å². The van der Waals surface area contributed by atoms with Crippen molar-refractivity contribution in [3.8, 4) is 0 Å². The van der Waals surface area contributed by atoms with Crippen molar-refractivity contribution in [1.82, 2.24) is 0 Å². The molecule has 0 aliphatic rings. The van der Waals surface area contributed by atoms with Crippen molar-refractivity contribution in [1.29, 1.82) is 0 Å². The third-order valence-electron chi connectivity index (χ3n) is 2.45. The number of hydrogen-bond acceptors (Lipinski definition) is 2.